The second-order valence-electron chi connectivity index (χ2n) is 8.48. The lowest BCUT2D eigenvalue weighted by molar-refractivity contribution is -0.112. The number of fused-ring (bicyclic) bond motifs is 1. The minimum Gasteiger partial charge on any atom is -0.438 e. The molecule has 0 unspecified atom stereocenters. The van der Waals surface area contributed by atoms with Gasteiger partial charge < -0.3 is 10.1 Å². The standard InChI is InChI=1S/C28H23ClN4O3/c1-16-7-8-17(2)24(12-16)31-26(34)20(15-30)14-22-27(36-21-9-10-23(29)19(4)13-21)32-25-18(3)6-5-11-33(25)28(22)35/h5-14H,1-4H3,(H,31,34)/b20-14-. The molecule has 0 aliphatic rings. The van der Waals surface area contributed by atoms with Crippen LogP contribution in [0.5, 0.6) is 11.6 Å². The van der Waals surface area contributed by atoms with E-state index in [9.17, 15) is 14.9 Å². The van der Waals surface area contributed by atoms with Crippen molar-refractivity contribution >= 4 is 34.9 Å². The summed E-state index contributed by atoms with van der Waals surface area (Å²) in [6.07, 6.45) is 2.79. The Hall–Kier alpha value is -4.41. The molecule has 36 heavy (non-hydrogen) atoms. The molecule has 2 aromatic heterocycles. The number of anilines is 1. The summed E-state index contributed by atoms with van der Waals surface area (Å²) in [6, 6.07) is 16.1. The van der Waals surface area contributed by atoms with Crippen molar-refractivity contribution in [1.82, 2.24) is 9.38 Å². The van der Waals surface area contributed by atoms with Crippen LogP contribution in [0.2, 0.25) is 5.02 Å². The zero-order chi connectivity index (χ0) is 26.0. The summed E-state index contributed by atoms with van der Waals surface area (Å²) in [7, 11) is 0. The molecule has 2 heterocycles. The van der Waals surface area contributed by atoms with E-state index < -0.39 is 11.5 Å². The number of ether oxygens (including phenoxy) is 1. The van der Waals surface area contributed by atoms with Crippen LogP contribution in [0.4, 0.5) is 5.69 Å². The third kappa shape index (κ3) is 4.99. The van der Waals surface area contributed by atoms with E-state index in [4.69, 9.17) is 16.3 Å². The molecule has 4 rings (SSSR count). The van der Waals surface area contributed by atoms with Crippen LogP contribution in [-0.4, -0.2) is 15.3 Å². The first-order valence-electron chi connectivity index (χ1n) is 11.1. The molecule has 8 heteroatoms. The van der Waals surface area contributed by atoms with Crippen LogP contribution in [-0.2, 0) is 4.79 Å². The van der Waals surface area contributed by atoms with Crippen molar-refractivity contribution < 1.29 is 9.53 Å². The second-order valence-corrected chi connectivity index (χ2v) is 8.88. The van der Waals surface area contributed by atoms with Gasteiger partial charge in [0.25, 0.3) is 11.5 Å². The number of pyridine rings is 1. The highest BCUT2D eigenvalue weighted by atomic mass is 35.5. The van der Waals surface area contributed by atoms with Crippen LogP contribution >= 0.6 is 11.6 Å². The first kappa shape index (κ1) is 24.7. The molecule has 2 aromatic carbocycles. The molecule has 0 aliphatic heterocycles. The van der Waals surface area contributed by atoms with Crippen molar-refractivity contribution in [2.45, 2.75) is 27.7 Å². The third-order valence-electron chi connectivity index (χ3n) is 5.69. The zero-order valence-corrected chi connectivity index (χ0v) is 21.0. The van der Waals surface area contributed by atoms with Crippen LogP contribution in [0.15, 0.2) is 65.1 Å². The number of nitrogens with one attached hydrogen (secondary N) is 1. The first-order valence-corrected chi connectivity index (χ1v) is 11.5. The van der Waals surface area contributed by atoms with E-state index >= 15 is 0 Å². The van der Waals surface area contributed by atoms with Crippen LogP contribution < -0.4 is 15.6 Å². The second kappa shape index (κ2) is 10.1. The molecular weight excluding hydrogens is 476 g/mol. The Morgan fingerprint density at radius 2 is 1.86 bits per heavy atom. The Morgan fingerprint density at radius 1 is 1.08 bits per heavy atom. The zero-order valence-electron chi connectivity index (χ0n) is 20.2. The summed E-state index contributed by atoms with van der Waals surface area (Å²) in [6.45, 7) is 7.41. The summed E-state index contributed by atoms with van der Waals surface area (Å²) >= 11 is 6.13. The Bertz CT molecular complexity index is 1650. The van der Waals surface area contributed by atoms with E-state index in [1.165, 1.54) is 10.5 Å². The Kier molecular flexibility index (Phi) is 6.91. The fourth-order valence-corrected chi connectivity index (χ4v) is 3.76. The van der Waals surface area contributed by atoms with Gasteiger partial charge in [-0.1, -0.05) is 29.8 Å². The quantitative estimate of drug-likeness (QED) is 0.272. The Balaban J connectivity index is 1.85. The van der Waals surface area contributed by atoms with Crippen LogP contribution in [0.25, 0.3) is 11.7 Å². The average molecular weight is 499 g/mol. The molecule has 0 atom stereocenters. The normalized spacial score (nSPS) is 11.3. The highest BCUT2D eigenvalue weighted by Gasteiger charge is 2.19. The van der Waals surface area contributed by atoms with Crippen molar-refractivity contribution in [1.29, 1.82) is 5.26 Å². The monoisotopic (exact) mass is 498 g/mol. The SMILES string of the molecule is Cc1ccc(C)c(NC(=O)/C(C#N)=C\c2c(Oc3ccc(Cl)c(C)c3)nc3c(C)cccn3c2=O)c1. The van der Waals surface area contributed by atoms with E-state index in [1.807, 2.05) is 58.0 Å². The molecule has 180 valence electrons. The van der Waals surface area contributed by atoms with Gasteiger partial charge >= 0.3 is 0 Å². The van der Waals surface area contributed by atoms with E-state index in [2.05, 4.69) is 10.3 Å². The summed E-state index contributed by atoms with van der Waals surface area (Å²) in [4.78, 5) is 31.0. The van der Waals surface area contributed by atoms with Gasteiger partial charge in [-0.25, -0.2) is 0 Å². The number of hydrogen-bond donors (Lipinski definition) is 1. The molecule has 0 aliphatic carbocycles. The number of nitriles is 1. The van der Waals surface area contributed by atoms with Crippen LogP contribution in [0.1, 0.15) is 27.8 Å². The van der Waals surface area contributed by atoms with Crippen molar-refractivity contribution in [3.63, 3.8) is 0 Å². The van der Waals surface area contributed by atoms with Gasteiger partial charge in [0.2, 0.25) is 5.88 Å². The van der Waals surface area contributed by atoms with Crippen LogP contribution in [0, 0.1) is 39.0 Å². The Morgan fingerprint density at radius 3 is 2.58 bits per heavy atom. The number of halogens is 1. The van der Waals surface area contributed by atoms with E-state index in [0.29, 0.717) is 22.1 Å². The molecule has 0 spiro atoms. The molecule has 0 saturated carbocycles. The third-order valence-corrected chi connectivity index (χ3v) is 6.11. The van der Waals surface area contributed by atoms with E-state index in [-0.39, 0.29) is 17.0 Å². The molecule has 0 saturated heterocycles. The fraction of sp³-hybridized carbons (Fsp3) is 0.143. The number of rotatable bonds is 5. The molecule has 4 aromatic rings. The van der Waals surface area contributed by atoms with Crippen LogP contribution in [0.3, 0.4) is 0 Å². The number of aromatic nitrogens is 2. The maximum absolute atomic E-state index is 13.5. The molecule has 0 fully saturated rings. The maximum atomic E-state index is 13.5. The number of carbonyl (C=O) groups excluding carboxylic acids is 1. The number of hydrogen-bond acceptors (Lipinski definition) is 5. The lowest BCUT2D eigenvalue weighted by Crippen LogP contribution is -2.21. The van der Waals surface area contributed by atoms with Crippen molar-refractivity contribution in [2.24, 2.45) is 0 Å². The van der Waals surface area contributed by atoms with Gasteiger partial charge in [0, 0.05) is 16.9 Å². The predicted molar refractivity (Wildman–Crippen MR) is 141 cm³/mol. The number of aryl methyl sites for hydroxylation is 4. The lowest BCUT2D eigenvalue weighted by Gasteiger charge is -2.12. The predicted octanol–water partition coefficient (Wildman–Crippen LogP) is 5.92. The van der Waals surface area contributed by atoms with E-state index in [0.717, 1.165) is 22.3 Å². The van der Waals surface area contributed by atoms with Crippen molar-refractivity contribution in [2.75, 3.05) is 5.32 Å². The lowest BCUT2D eigenvalue weighted by atomic mass is 10.1. The minimum atomic E-state index is -0.645. The van der Waals surface area contributed by atoms with Gasteiger partial charge in [-0.05, 0) is 86.4 Å². The largest absolute Gasteiger partial charge is 0.438 e. The van der Waals surface area contributed by atoms with Gasteiger partial charge in [-0.15, -0.1) is 0 Å². The topological polar surface area (TPSA) is 96.5 Å². The highest BCUT2D eigenvalue weighted by Crippen LogP contribution is 2.28. The average Bonchev–Trinajstić information content (AvgIpc) is 2.84. The van der Waals surface area contributed by atoms with Gasteiger partial charge in [-0.2, -0.15) is 10.2 Å². The van der Waals surface area contributed by atoms with Crippen molar-refractivity contribution in [3.05, 3.63) is 103 Å². The van der Waals surface area contributed by atoms with Gasteiger partial charge in [-0.3, -0.25) is 14.0 Å². The number of carbonyl (C=O) groups is 1. The number of amides is 1. The molecule has 0 bridgehead atoms. The summed E-state index contributed by atoms with van der Waals surface area (Å²) in [5.74, 6) is -0.258. The molecule has 1 N–H and O–H groups in total. The van der Waals surface area contributed by atoms with Gasteiger partial charge in [0.1, 0.15) is 28.6 Å². The Labute approximate surface area is 213 Å². The van der Waals surface area contributed by atoms with Gasteiger partial charge in [0.15, 0.2) is 0 Å². The number of benzene rings is 2. The minimum absolute atomic E-state index is 0.0247. The fourth-order valence-electron chi connectivity index (χ4n) is 3.64. The molecular formula is C28H23ClN4O3. The highest BCUT2D eigenvalue weighted by molar-refractivity contribution is 6.31. The number of nitrogens with zero attached hydrogens (tertiary/aromatic N) is 3. The summed E-state index contributed by atoms with van der Waals surface area (Å²) < 4.78 is 7.36. The molecule has 1 amide bonds. The molecule has 0 radical (unpaired) electrons. The summed E-state index contributed by atoms with van der Waals surface area (Å²) in [5.41, 5.74) is 3.56. The van der Waals surface area contributed by atoms with E-state index in [1.54, 1.807) is 30.5 Å². The molecule has 7 nitrogen and oxygen atoms in total. The smallest absolute Gasteiger partial charge is 0.269 e. The maximum Gasteiger partial charge on any atom is 0.269 e. The first-order chi connectivity index (χ1) is 17.2. The summed E-state index contributed by atoms with van der Waals surface area (Å²) in [5, 5.41) is 13.1. The van der Waals surface area contributed by atoms with Gasteiger partial charge in [0.05, 0.1) is 0 Å². The van der Waals surface area contributed by atoms with Crippen molar-refractivity contribution in [3.8, 4) is 17.7 Å².